The van der Waals surface area contributed by atoms with Gasteiger partial charge in [-0.1, -0.05) is 37.0 Å². The molecule has 162 valence electrons. The highest BCUT2D eigenvalue weighted by molar-refractivity contribution is 7.89. The number of carbonyl (C=O) groups excluding carboxylic acids is 1. The molecular formula is C19H21Cl2N3O5S. The molecule has 0 aromatic heterocycles. The Morgan fingerprint density at radius 2 is 1.67 bits per heavy atom. The van der Waals surface area contributed by atoms with E-state index >= 15 is 0 Å². The van der Waals surface area contributed by atoms with Crippen molar-refractivity contribution in [2.45, 2.75) is 25.3 Å². The smallest absolute Gasteiger partial charge is 0.269 e. The van der Waals surface area contributed by atoms with Crippen LogP contribution in [-0.2, 0) is 16.6 Å². The molecule has 0 aliphatic rings. The monoisotopic (exact) mass is 473 g/mol. The predicted molar refractivity (Wildman–Crippen MR) is 115 cm³/mol. The Labute approximate surface area is 185 Å². The fourth-order valence-corrected chi connectivity index (χ4v) is 4.73. The second-order valence-electron chi connectivity index (χ2n) is 6.43. The van der Waals surface area contributed by atoms with Gasteiger partial charge in [0.15, 0.2) is 0 Å². The van der Waals surface area contributed by atoms with Gasteiger partial charge in [0.25, 0.3) is 11.6 Å². The summed E-state index contributed by atoms with van der Waals surface area (Å²) >= 11 is 12.3. The van der Waals surface area contributed by atoms with Crippen LogP contribution in [0.2, 0.25) is 10.0 Å². The number of nitro groups is 1. The lowest BCUT2D eigenvalue weighted by molar-refractivity contribution is -0.384. The lowest BCUT2D eigenvalue weighted by atomic mass is 10.1. The van der Waals surface area contributed by atoms with Gasteiger partial charge in [-0.2, -0.15) is 4.31 Å². The quantitative estimate of drug-likeness (QED) is 0.422. The lowest BCUT2D eigenvalue weighted by Gasteiger charge is -2.21. The van der Waals surface area contributed by atoms with Gasteiger partial charge < -0.3 is 4.90 Å². The first kappa shape index (κ1) is 24.1. The highest BCUT2D eigenvalue weighted by Crippen LogP contribution is 2.26. The highest BCUT2D eigenvalue weighted by Gasteiger charge is 2.25. The van der Waals surface area contributed by atoms with E-state index in [9.17, 15) is 23.3 Å². The number of hydrogen-bond donors (Lipinski definition) is 0. The number of nitrogens with zero attached hydrogens (tertiary/aromatic N) is 3. The van der Waals surface area contributed by atoms with Crippen molar-refractivity contribution >= 4 is 44.8 Å². The molecule has 2 aromatic carbocycles. The van der Waals surface area contributed by atoms with E-state index in [1.54, 1.807) is 13.8 Å². The number of hydrogen-bond acceptors (Lipinski definition) is 5. The molecular weight excluding hydrogens is 453 g/mol. The summed E-state index contributed by atoms with van der Waals surface area (Å²) in [5, 5.41) is 11.4. The molecule has 0 saturated carbocycles. The number of benzene rings is 2. The van der Waals surface area contributed by atoms with E-state index in [0.717, 1.165) is 0 Å². The summed E-state index contributed by atoms with van der Waals surface area (Å²) in [7, 11) is -2.30. The summed E-state index contributed by atoms with van der Waals surface area (Å²) in [6.45, 7) is 3.99. The number of amides is 1. The van der Waals surface area contributed by atoms with E-state index in [1.807, 2.05) is 0 Å². The van der Waals surface area contributed by atoms with Crippen molar-refractivity contribution in [3.63, 3.8) is 0 Å². The fourth-order valence-electron chi connectivity index (χ4n) is 2.87. The molecule has 2 aromatic rings. The fraction of sp³-hybridized carbons (Fsp3) is 0.316. The Morgan fingerprint density at radius 1 is 1.07 bits per heavy atom. The van der Waals surface area contributed by atoms with Crippen molar-refractivity contribution in [2.75, 3.05) is 20.1 Å². The standard InChI is InChI=1S/C19H21Cl2N3O5S/c1-4-23(5-2)30(28,29)15-7-9-18(21)16(11-15)19(25)22(3)12-13-10-14(24(26)27)6-8-17(13)20/h6-11H,4-5,12H2,1-3H3. The van der Waals surface area contributed by atoms with Gasteiger partial charge in [0, 0.05) is 43.8 Å². The van der Waals surface area contributed by atoms with Crippen LogP contribution in [0.25, 0.3) is 0 Å². The molecule has 0 unspecified atom stereocenters. The third-order valence-corrected chi connectivity index (χ3v) is 7.25. The first-order valence-electron chi connectivity index (χ1n) is 9.00. The van der Waals surface area contributed by atoms with Crippen LogP contribution in [0.4, 0.5) is 5.69 Å². The van der Waals surface area contributed by atoms with Crippen LogP contribution in [0.15, 0.2) is 41.3 Å². The maximum absolute atomic E-state index is 12.9. The van der Waals surface area contributed by atoms with Crippen LogP contribution < -0.4 is 0 Å². The molecule has 0 aliphatic heterocycles. The zero-order valence-corrected chi connectivity index (χ0v) is 19.0. The largest absolute Gasteiger partial charge is 0.337 e. The molecule has 0 aliphatic carbocycles. The number of carbonyl (C=O) groups is 1. The predicted octanol–water partition coefficient (Wildman–Crippen LogP) is 4.20. The van der Waals surface area contributed by atoms with Crippen molar-refractivity contribution in [3.8, 4) is 0 Å². The normalized spacial score (nSPS) is 11.5. The number of halogens is 2. The molecule has 0 bridgehead atoms. The van der Waals surface area contributed by atoms with Crippen LogP contribution in [0.1, 0.15) is 29.8 Å². The summed E-state index contributed by atoms with van der Waals surface area (Å²) < 4.78 is 26.8. The molecule has 0 spiro atoms. The van der Waals surface area contributed by atoms with Gasteiger partial charge >= 0.3 is 0 Å². The van der Waals surface area contributed by atoms with E-state index in [0.29, 0.717) is 5.56 Å². The minimum absolute atomic E-state index is 0.00829. The van der Waals surface area contributed by atoms with E-state index in [2.05, 4.69) is 0 Å². The van der Waals surface area contributed by atoms with Crippen molar-refractivity contribution in [1.82, 2.24) is 9.21 Å². The molecule has 2 rings (SSSR count). The average Bonchev–Trinajstić information content (AvgIpc) is 2.69. The second-order valence-corrected chi connectivity index (χ2v) is 9.18. The van der Waals surface area contributed by atoms with E-state index in [-0.39, 0.29) is 45.8 Å². The van der Waals surface area contributed by atoms with Crippen molar-refractivity contribution in [3.05, 3.63) is 67.7 Å². The van der Waals surface area contributed by atoms with Crippen molar-refractivity contribution < 1.29 is 18.1 Å². The lowest BCUT2D eigenvalue weighted by Crippen LogP contribution is -2.31. The molecule has 8 nitrogen and oxygen atoms in total. The maximum Gasteiger partial charge on any atom is 0.269 e. The first-order chi connectivity index (χ1) is 14.0. The van der Waals surface area contributed by atoms with Gasteiger partial charge in [-0.15, -0.1) is 0 Å². The van der Waals surface area contributed by atoms with Crippen molar-refractivity contribution in [2.24, 2.45) is 0 Å². The third kappa shape index (κ3) is 5.10. The topological polar surface area (TPSA) is 101 Å². The summed E-state index contributed by atoms with van der Waals surface area (Å²) in [4.78, 5) is 24.6. The van der Waals surface area contributed by atoms with Gasteiger partial charge in [-0.25, -0.2) is 8.42 Å². The summed E-state index contributed by atoms with van der Waals surface area (Å²) in [5.74, 6) is -0.542. The molecule has 0 N–H and O–H groups in total. The van der Waals surface area contributed by atoms with Crippen LogP contribution in [0, 0.1) is 10.1 Å². The molecule has 0 fully saturated rings. The van der Waals surface area contributed by atoms with Crippen LogP contribution in [-0.4, -0.2) is 48.6 Å². The van der Waals surface area contributed by atoms with E-state index in [4.69, 9.17) is 23.2 Å². The Kier molecular flexibility index (Phi) is 7.81. The van der Waals surface area contributed by atoms with Gasteiger partial charge in [-0.05, 0) is 29.8 Å². The Bertz CT molecular complexity index is 1070. The zero-order chi connectivity index (χ0) is 22.6. The van der Waals surface area contributed by atoms with Gasteiger partial charge in [0.1, 0.15) is 0 Å². The van der Waals surface area contributed by atoms with Gasteiger partial charge in [0.05, 0.1) is 20.4 Å². The molecule has 1 amide bonds. The summed E-state index contributed by atoms with van der Waals surface area (Å²) in [6.07, 6.45) is 0. The number of non-ortho nitro benzene ring substituents is 1. The van der Waals surface area contributed by atoms with Gasteiger partial charge in [0.2, 0.25) is 10.0 Å². The molecule has 30 heavy (non-hydrogen) atoms. The minimum atomic E-state index is -3.77. The average molecular weight is 474 g/mol. The molecule has 0 saturated heterocycles. The molecule has 0 atom stereocenters. The third-order valence-electron chi connectivity index (χ3n) is 4.51. The molecule has 0 heterocycles. The maximum atomic E-state index is 12.9. The Morgan fingerprint density at radius 3 is 2.23 bits per heavy atom. The summed E-state index contributed by atoms with van der Waals surface area (Å²) in [5.41, 5.74) is 0.235. The SMILES string of the molecule is CCN(CC)S(=O)(=O)c1ccc(Cl)c(C(=O)N(C)Cc2cc([N+](=O)[O-])ccc2Cl)c1. The van der Waals surface area contributed by atoms with Gasteiger partial charge in [-0.3, -0.25) is 14.9 Å². The summed E-state index contributed by atoms with van der Waals surface area (Å²) in [6, 6.07) is 7.89. The first-order valence-corrected chi connectivity index (χ1v) is 11.2. The van der Waals surface area contributed by atoms with E-state index < -0.39 is 20.9 Å². The number of nitro benzene ring substituents is 1. The Balaban J connectivity index is 2.37. The highest BCUT2D eigenvalue weighted by atomic mass is 35.5. The number of sulfonamides is 1. The number of rotatable bonds is 8. The molecule has 0 radical (unpaired) electrons. The van der Waals surface area contributed by atoms with Crippen LogP contribution in [0.3, 0.4) is 0 Å². The Hall–Kier alpha value is -2.20. The molecule has 11 heteroatoms. The zero-order valence-electron chi connectivity index (χ0n) is 16.6. The van der Waals surface area contributed by atoms with Crippen molar-refractivity contribution in [1.29, 1.82) is 0 Å². The van der Waals surface area contributed by atoms with Crippen LogP contribution in [0.5, 0.6) is 0 Å². The second kappa shape index (κ2) is 9.74. The minimum Gasteiger partial charge on any atom is -0.337 e. The van der Waals surface area contributed by atoms with E-state index in [1.165, 1.54) is 52.7 Å². The van der Waals surface area contributed by atoms with Crippen LogP contribution >= 0.6 is 23.2 Å².